The van der Waals surface area contributed by atoms with Gasteiger partial charge in [-0.2, -0.15) is 0 Å². The maximum Gasteiger partial charge on any atom is 0.0733 e. The number of nitrogens with one attached hydrogen (secondary N) is 1. The normalized spacial score (nSPS) is 43.1. The fourth-order valence-corrected chi connectivity index (χ4v) is 3.17. The van der Waals surface area contributed by atoms with Crippen LogP contribution in [0.5, 0.6) is 0 Å². The monoisotopic (exact) mass is 195 g/mol. The summed E-state index contributed by atoms with van der Waals surface area (Å²) < 4.78 is 5.87. The van der Waals surface area contributed by atoms with Crippen LogP contribution < -0.4 is 5.32 Å². The van der Waals surface area contributed by atoms with E-state index in [9.17, 15) is 0 Å². The van der Waals surface area contributed by atoms with Gasteiger partial charge in [0.05, 0.1) is 12.2 Å². The Kier molecular flexibility index (Phi) is 2.29. The van der Waals surface area contributed by atoms with Crippen LogP contribution in [-0.4, -0.2) is 24.3 Å². The SMILES string of the molecule is CCC(NC1CC2CCC1O2)C1CC1. The molecule has 1 saturated carbocycles. The predicted molar refractivity (Wildman–Crippen MR) is 56.2 cm³/mol. The van der Waals surface area contributed by atoms with Gasteiger partial charge >= 0.3 is 0 Å². The highest BCUT2D eigenvalue weighted by Gasteiger charge is 2.42. The van der Waals surface area contributed by atoms with Gasteiger partial charge < -0.3 is 10.1 Å². The summed E-state index contributed by atoms with van der Waals surface area (Å²) in [5.74, 6) is 0.985. The molecule has 2 nitrogen and oxygen atoms in total. The molecule has 1 aliphatic carbocycles. The summed E-state index contributed by atoms with van der Waals surface area (Å²) in [7, 11) is 0. The molecule has 4 unspecified atom stereocenters. The molecule has 2 bridgehead atoms. The number of fused-ring (bicyclic) bond motifs is 2. The van der Waals surface area contributed by atoms with Gasteiger partial charge in [-0.05, 0) is 44.4 Å². The predicted octanol–water partition coefficient (Wildman–Crippen LogP) is 2.08. The lowest BCUT2D eigenvalue weighted by atomic mass is 9.94. The van der Waals surface area contributed by atoms with Crippen molar-refractivity contribution in [1.82, 2.24) is 5.32 Å². The zero-order chi connectivity index (χ0) is 9.54. The van der Waals surface area contributed by atoms with Crippen molar-refractivity contribution in [2.24, 2.45) is 5.92 Å². The van der Waals surface area contributed by atoms with Crippen LogP contribution in [0, 0.1) is 5.92 Å². The summed E-state index contributed by atoms with van der Waals surface area (Å²) in [4.78, 5) is 0. The van der Waals surface area contributed by atoms with E-state index in [4.69, 9.17) is 4.74 Å². The van der Waals surface area contributed by atoms with Crippen LogP contribution in [0.25, 0.3) is 0 Å². The van der Waals surface area contributed by atoms with Gasteiger partial charge in [0, 0.05) is 12.1 Å². The molecule has 0 radical (unpaired) electrons. The van der Waals surface area contributed by atoms with E-state index in [1.165, 1.54) is 38.5 Å². The maximum absolute atomic E-state index is 5.87. The smallest absolute Gasteiger partial charge is 0.0733 e. The summed E-state index contributed by atoms with van der Waals surface area (Å²) >= 11 is 0. The second-order valence-electron chi connectivity index (χ2n) is 5.23. The maximum atomic E-state index is 5.87. The summed E-state index contributed by atoms with van der Waals surface area (Å²) in [6.07, 6.45) is 9.21. The third kappa shape index (κ3) is 1.59. The molecule has 0 aromatic rings. The van der Waals surface area contributed by atoms with Gasteiger partial charge in [-0.25, -0.2) is 0 Å². The molecule has 0 spiro atoms. The van der Waals surface area contributed by atoms with Crippen molar-refractivity contribution < 1.29 is 4.74 Å². The van der Waals surface area contributed by atoms with Gasteiger partial charge in [0.15, 0.2) is 0 Å². The molecule has 0 amide bonds. The van der Waals surface area contributed by atoms with Gasteiger partial charge in [-0.1, -0.05) is 6.92 Å². The summed E-state index contributed by atoms with van der Waals surface area (Å²) in [6.45, 7) is 2.31. The van der Waals surface area contributed by atoms with E-state index in [1.807, 2.05) is 0 Å². The largest absolute Gasteiger partial charge is 0.373 e. The molecular formula is C12H21NO. The first-order valence-corrected chi connectivity index (χ1v) is 6.28. The van der Waals surface area contributed by atoms with Crippen molar-refractivity contribution in [3.63, 3.8) is 0 Å². The molecule has 3 fully saturated rings. The number of hydrogen-bond acceptors (Lipinski definition) is 2. The minimum absolute atomic E-state index is 0.549. The van der Waals surface area contributed by atoms with E-state index >= 15 is 0 Å². The second-order valence-corrected chi connectivity index (χ2v) is 5.23. The van der Waals surface area contributed by atoms with Crippen LogP contribution in [0.1, 0.15) is 45.4 Å². The van der Waals surface area contributed by atoms with E-state index in [2.05, 4.69) is 12.2 Å². The Balaban J connectivity index is 1.56. The zero-order valence-corrected chi connectivity index (χ0v) is 9.04. The van der Waals surface area contributed by atoms with Crippen LogP contribution in [0.15, 0.2) is 0 Å². The van der Waals surface area contributed by atoms with E-state index < -0.39 is 0 Å². The Labute approximate surface area is 86.4 Å². The van der Waals surface area contributed by atoms with Gasteiger partial charge in [-0.15, -0.1) is 0 Å². The topological polar surface area (TPSA) is 21.3 Å². The number of ether oxygens (including phenoxy) is 1. The van der Waals surface area contributed by atoms with Gasteiger partial charge in [0.25, 0.3) is 0 Å². The van der Waals surface area contributed by atoms with Gasteiger partial charge in [-0.3, -0.25) is 0 Å². The highest BCUT2D eigenvalue weighted by atomic mass is 16.5. The van der Waals surface area contributed by atoms with Crippen LogP contribution in [0.4, 0.5) is 0 Å². The molecule has 3 aliphatic rings. The van der Waals surface area contributed by atoms with E-state index in [-0.39, 0.29) is 0 Å². The lowest BCUT2D eigenvalue weighted by molar-refractivity contribution is 0.0954. The van der Waals surface area contributed by atoms with Gasteiger partial charge in [0.2, 0.25) is 0 Å². The Morgan fingerprint density at radius 1 is 1.29 bits per heavy atom. The molecule has 14 heavy (non-hydrogen) atoms. The minimum Gasteiger partial charge on any atom is -0.373 e. The fraction of sp³-hybridized carbons (Fsp3) is 1.00. The molecule has 3 rings (SSSR count). The summed E-state index contributed by atoms with van der Waals surface area (Å²) in [6, 6.07) is 1.46. The van der Waals surface area contributed by atoms with Crippen molar-refractivity contribution >= 4 is 0 Å². The molecule has 2 saturated heterocycles. The summed E-state index contributed by atoms with van der Waals surface area (Å²) in [5.41, 5.74) is 0. The average molecular weight is 195 g/mol. The quantitative estimate of drug-likeness (QED) is 0.741. The lowest BCUT2D eigenvalue weighted by Crippen LogP contribution is -2.44. The Hall–Kier alpha value is -0.0800. The van der Waals surface area contributed by atoms with Crippen molar-refractivity contribution in [3.8, 4) is 0 Å². The first-order valence-electron chi connectivity index (χ1n) is 6.28. The highest BCUT2D eigenvalue weighted by molar-refractivity contribution is 4.97. The lowest BCUT2D eigenvalue weighted by Gasteiger charge is -2.26. The van der Waals surface area contributed by atoms with Crippen molar-refractivity contribution in [2.75, 3.05) is 0 Å². The number of rotatable bonds is 4. The standard InChI is InChI=1S/C12H21NO/c1-2-10(8-3-4-8)13-11-7-9-5-6-12(11)14-9/h8-13H,2-7H2,1H3. The molecule has 0 aromatic carbocycles. The molecule has 1 N–H and O–H groups in total. The zero-order valence-electron chi connectivity index (χ0n) is 9.04. The number of hydrogen-bond donors (Lipinski definition) is 1. The second kappa shape index (κ2) is 3.49. The van der Waals surface area contributed by atoms with Crippen LogP contribution >= 0.6 is 0 Å². The van der Waals surface area contributed by atoms with Crippen molar-refractivity contribution in [3.05, 3.63) is 0 Å². The third-order valence-electron chi connectivity index (χ3n) is 4.17. The molecule has 80 valence electrons. The van der Waals surface area contributed by atoms with Crippen molar-refractivity contribution in [1.29, 1.82) is 0 Å². The Morgan fingerprint density at radius 3 is 2.64 bits per heavy atom. The first-order chi connectivity index (χ1) is 6.86. The molecule has 2 heteroatoms. The highest BCUT2D eigenvalue weighted by Crippen LogP contribution is 2.38. The third-order valence-corrected chi connectivity index (χ3v) is 4.17. The molecular weight excluding hydrogens is 174 g/mol. The van der Waals surface area contributed by atoms with Crippen LogP contribution in [0.3, 0.4) is 0 Å². The van der Waals surface area contributed by atoms with Crippen molar-refractivity contribution in [2.45, 2.75) is 69.7 Å². The summed E-state index contributed by atoms with van der Waals surface area (Å²) in [5, 5.41) is 3.83. The first kappa shape index (κ1) is 9.17. The fourth-order valence-electron chi connectivity index (χ4n) is 3.17. The van der Waals surface area contributed by atoms with Gasteiger partial charge in [0.1, 0.15) is 0 Å². The molecule has 0 aromatic heterocycles. The Bertz CT molecular complexity index is 214. The van der Waals surface area contributed by atoms with E-state index in [1.54, 1.807) is 0 Å². The van der Waals surface area contributed by atoms with Crippen LogP contribution in [-0.2, 0) is 4.74 Å². The average Bonchev–Trinajstić information content (AvgIpc) is 2.84. The van der Waals surface area contributed by atoms with Crippen LogP contribution in [0.2, 0.25) is 0 Å². The van der Waals surface area contributed by atoms with E-state index in [0.717, 1.165) is 12.0 Å². The molecule has 2 aliphatic heterocycles. The molecule has 4 atom stereocenters. The molecule has 2 heterocycles. The minimum atomic E-state index is 0.549. The van der Waals surface area contributed by atoms with E-state index in [0.29, 0.717) is 18.2 Å². The Morgan fingerprint density at radius 2 is 2.14 bits per heavy atom.